The highest BCUT2D eigenvalue weighted by Crippen LogP contribution is 2.29. The van der Waals surface area contributed by atoms with E-state index in [1.807, 2.05) is 0 Å². The minimum Gasteiger partial charge on any atom is -0.485 e. The molecule has 1 heterocycles. The van der Waals surface area contributed by atoms with Crippen molar-refractivity contribution in [2.45, 2.75) is 44.9 Å². The Hall–Kier alpha value is -1.83. The van der Waals surface area contributed by atoms with Gasteiger partial charge in [0.2, 0.25) is 0 Å². The van der Waals surface area contributed by atoms with E-state index in [9.17, 15) is 14.0 Å². The van der Waals surface area contributed by atoms with Crippen molar-refractivity contribution in [2.75, 3.05) is 13.7 Å². The number of hydrogen-bond acceptors (Lipinski definition) is 5. The Labute approximate surface area is 154 Å². The van der Waals surface area contributed by atoms with Crippen molar-refractivity contribution in [1.29, 1.82) is 0 Å². The molecule has 1 fully saturated rings. The highest BCUT2D eigenvalue weighted by Gasteiger charge is 2.43. The average molecular weight is 418 g/mol. The fraction of sp³-hybridized carbons (Fsp3) is 0.529. The molecule has 138 valence electrons. The van der Waals surface area contributed by atoms with E-state index in [2.05, 4.69) is 15.9 Å². The number of nitrogens with zero attached hydrogens (tertiary/aromatic N) is 1. The molecule has 1 aromatic rings. The SMILES string of the molecule is COC(=O)[C@@H]1C[C@H](Oc2cccc(Br)c2F)CN1C(=O)OC(C)(C)C. The molecule has 1 saturated heterocycles. The molecule has 0 N–H and O–H groups in total. The quantitative estimate of drug-likeness (QED) is 0.703. The molecule has 1 aromatic carbocycles. The predicted octanol–water partition coefficient (Wildman–Crippen LogP) is 3.52. The standard InChI is InChI=1S/C17H21BrFNO5/c1-17(2,3)25-16(22)20-9-10(8-12(20)15(21)23-4)24-13-7-5-6-11(18)14(13)19/h5-7,10,12H,8-9H2,1-4H3/t10-,12-/m0/s1. The zero-order valence-corrected chi connectivity index (χ0v) is 16.1. The molecule has 1 aliphatic rings. The van der Waals surface area contributed by atoms with Crippen molar-refractivity contribution >= 4 is 28.0 Å². The molecule has 0 saturated carbocycles. The Bertz CT molecular complexity index is 661. The first-order valence-corrected chi connectivity index (χ1v) is 8.60. The number of ether oxygens (including phenoxy) is 3. The Kier molecular flexibility index (Phi) is 5.92. The van der Waals surface area contributed by atoms with E-state index in [0.29, 0.717) is 0 Å². The van der Waals surface area contributed by atoms with Crippen LogP contribution in [0.5, 0.6) is 5.75 Å². The van der Waals surface area contributed by atoms with Gasteiger partial charge in [0.25, 0.3) is 0 Å². The van der Waals surface area contributed by atoms with Gasteiger partial charge in [0.1, 0.15) is 17.7 Å². The summed E-state index contributed by atoms with van der Waals surface area (Å²) in [7, 11) is 1.25. The van der Waals surface area contributed by atoms with Gasteiger partial charge in [-0.3, -0.25) is 4.90 Å². The van der Waals surface area contributed by atoms with Crippen LogP contribution < -0.4 is 4.74 Å². The summed E-state index contributed by atoms with van der Waals surface area (Å²) < 4.78 is 30.1. The fourth-order valence-electron chi connectivity index (χ4n) is 2.52. The molecular weight excluding hydrogens is 397 g/mol. The fourth-order valence-corrected chi connectivity index (χ4v) is 2.87. The third-order valence-corrected chi connectivity index (χ3v) is 4.19. The van der Waals surface area contributed by atoms with Crippen LogP contribution in [0.15, 0.2) is 22.7 Å². The number of carbonyl (C=O) groups excluding carboxylic acids is 2. The molecule has 1 amide bonds. The molecule has 25 heavy (non-hydrogen) atoms. The van der Waals surface area contributed by atoms with E-state index in [-0.39, 0.29) is 23.2 Å². The van der Waals surface area contributed by atoms with E-state index in [4.69, 9.17) is 14.2 Å². The van der Waals surface area contributed by atoms with Crippen molar-refractivity contribution in [3.63, 3.8) is 0 Å². The van der Waals surface area contributed by atoms with Crippen LogP contribution in [0.2, 0.25) is 0 Å². The number of hydrogen-bond donors (Lipinski definition) is 0. The second kappa shape index (κ2) is 7.59. The Morgan fingerprint density at radius 3 is 2.60 bits per heavy atom. The van der Waals surface area contributed by atoms with Crippen LogP contribution in [0, 0.1) is 5.82 Å². The summed E-state index contributed by atoms with van der Waals surface area (Å²) in [6, 6.07) is 3.85. The maximum atomic E-state index is 14.1. The van der Waals surface area contributed by atoms with Gasteiger partial charge in [0.05, 0.1) is 18.1 Å². The number of esters is 1. The van der Waals surface area contributed by atoms with Gasteiger partial charge in [0.15, 0.2) is 11.6 Å². The first-order valence-electron chi connectivity index (χ1n) is 7.80. The molecule has 1 aliphatic heterocycles. The van der Waals surface area contributed by atoms with Gasteiger partial charge < -0.3 is 14.2 Å². The average Bonchev–Trinajstić information content (AvgIpc) is 2.93. The van der Waals surface area contributed by atoms with Crippen molar-refractivity contribution in [2.24, 2.45) is 0 Å². The maximum absolute atomic E-state index is 14.1. The number of halogens is 2. The molecule has 0 radical (unpaired) electrons. The summed E-state index contributed by atoms with van der Waals surface area (Å²) in [4.78, 5) is 25.6. The van der Waals surface area contributed by atoms with Crippen LogP contribution in [0.4, 0.5) is 9.18 Å². The summed E-state index contributed by atoms with van der Waals surface area (Å²) in [5, 5.41) is 0. The number of benzene rings is 1. The third kappa shape index (κ3) is 4.84. The van der Waals surface area contributed by atoms with Gasteiger partial charge >= 0.3 is 12.1 Å². The van der Waals surface area contributed by atoms with Crippen LogP contribution in [0.1, 0.15) is 27.2 Å². The number of likely N-dealkylation sites (tertiary alicyclic amines) is 1. The third-order valence-electron chi connectivity index (χ3n) is 3.57. The molecule has 0 unspecified atom stereocenters. The minimum absolute atomic E-state index is 0.0500. The molecule has 0 aliphatic carbocycles. The second-order valence-electron chi connectivity index (χ2n) is 6.70. The largest absolute Gasteiger partial charge is 0.485 e. The monoisotopic (exact) mass is 417 g/mol. The van der Waals surface area contributed by atoms with Crippen molar-refractivity contribution in [3.05, 3.63) is 28.5 Å². The van der Waals surface area contributed by atoms with Gasteiger partial charge in [-0.1, -0.05) is 6.07 Å². The van der Waals surface area contributed by atoms with E-state index in [1.54, 1.807) is 32.9 Å². The second-order valence-corrected chi connectivity index (χ2v) is 7.55. The summed E-state index contributed by atoms with van der Waals surface area (Å²) >= 11 is 3.10. The topological polar surface area (TPSA) is 65.1 Å². The molecule has 0 bridgehead atoms. The van der Waals surface area contributed by atoms with E-state index in [1.165, 1.54) is 18.1 Å². The van der Waals surface area contributed by atoms with E-state index >= 15 is 0 Å². The zero-order chi connectivity index (χ0) is 18.8. The van der Waals surface area contributed by atoms with Crippen LogP contribution in [0.3, 0.4) is 0 Å². The zero-order valence-electron chi connectivity index (χ0n) is 14.5. The number of carbonyl (C=O) groups is 2. The lowest BCUT2D eigenvalue weighted by molar-refractivity contribution is -0.145. The van der Waals surface area contributed by atoms with Gasteiger partial charge in [0, 0.05) is 6.42 Å². The van der Waals surface area contributed by atoms with Gasteiger partial charge in [-0.2, -0.15) is 0 Å². The number of methoxy groups -OCH3 is 1. The Balaban J connectivity index is 2.16. The summed E-state index contributed by atoms with van der Waals surface area (Å²) in [5.74, 6) is -1.05. The van der Waals surface area contributed by atoms with Crippen LogP contribution in [0.25, 0.3) is 0 Å². The molecular formula is C17H21BrFNO5. The van der Waals surface area contributed by atoms with Gasteiger partial charge in [-0.05, 0) is 48.8 Å². The Morgan fingerprint density at radius 2 is 2.00 bits per heavy atom. The predicted molar refractivity (Wildman–Crippen MR) is 91.9 cm³/mol. The smallest absolute Gasteiger partial charge is 0.411 e. The molecule has 2 rings (SSSR count). The first-order chi connectivity index (χ1) is 11.6. The highest BCUT2D eigenvalue weighted by molar-refractivity contribution is 9.10. The highest BCUT2D eigenvalue weighted by atomic mass is 79.9. The molecule has 6 nitrogen and oxygen atoms in total. The molecule has 2 atom stereocenters. The van der Waals surface area contributed by atoms with Crippen molar-refractivity contribution in [3.8, 4) is 5.75 Å². The summed E-state index contributed by atoms with van der Waals surface area (Å²) in [6.45, 7) is 5.30. The van der Waals surface area contributed by atoms with Gasteiger partial charge in [-0.25, -0.2) is 14.0 Å². The Morgan fingerprint density at radius 1 is 1.32 bits per heavy atom. The lowest BCUT2D eigenvalue weighted by Crippen LogP contribution is -2.44. The number of rotatable bonds is 3. The first kappa shape index (κ1) is 19.5. The van der Waals surface area contributed by atoms with E-state index in [0.717, 1.165) is 0 Å². The van der Waals surface area contributed by atoms with Crippen molar-refractivity contribution < 1.29 is 28.2 Å². The molecule has 0 spiro atoms. The summed E-state index contributed by atoms with van der Waals surface area (Å²) in [6.07, 6.45) is -0.998. The minimum atomic E-state index is -0.833. The number of amides is 1. The van der Waals surface area contributed by atoms with Crippen molar-refractivity contribution in [1.82, 2.24) is 4.90 Å². The van der Waals surface area contributed by atoms with Crippen LogP contribution >= 0.6 is 15.9 Å². The molecule has 8 heteroatoms. The normalized spacial score (nSPS) is 20.3. The molecule has 0 aromatic heterocycles. The van der Waals surface area contributed by atoms with Crippen LogP contribution in [-0.4, -0.2) is 48.4 Å². The summed E-state index contributed by atoms with van der Waals surface area (Å²) in [5.41, 5.74) is -0.701. The lowest BCUT2D eigenvalue weighted by Gasteiger charge is -2.27. The van der Waals surface area contributed by atoms with E-state index < -0.39 is 35.6 Å². The van der Waals surface area contributed by atoms with Gasteiger partial charge in [-0.15, -0.1) is 0 Å². The maximum Gasteiger partial charge on any atom is 0.411 e. The lowest BCUT2D eigenvalue weighted by atomic mass is 10.2. The van der Waals surface area contributed by atoms with Crippen LogP contribution in [-0.2, 0) is 14.3 Å².